The first-order chi connectivity index (χ1) is 9.63. The summed E-state index contributed by atoms with van der Waals surface area (Å²) < 4.78 is 1.03. The first-order valence-electron chi connectivity index (χ1n) is 7.02. The molecule has 1 aromatic carbocycles. The van der Waals surface area contributed by atoms with Crippen LogP contribution in [0.5, 0.6) is 0 Å². The van der Waals surface area contributed by atoms with E-state index >= 15 is 0 Å². The zero-order valence-corrected chi connectivity index (χ0v) is 13.8. The van der Waals surface area contributed by atoms with E-state index in [4.69, 9.17) is 0 Å². The highest BCUT2D eigenvalue weighted by Crippen LogP contribution is 2.27. The number of nitrogens with zero attached hydrogens (tertiary/aromatic N) is 2. The molecule has 0 unspecified atom stereocenters. The number of hydrogen-bond donors (Lipinski definition) is 1. The van der Waals surface area contributed by atoms with Crippen molar-refractivity contribution in [2.45, 2.75) is 33.6 Å². The summed E-state index contributed by atoms with van der Waals surface area (Å²) in [6.45, 7) is 7.26. The zero-order valence-electron chi connectivity index (χ0n) is 12.2. The second-order valence-corrected chi connectivity index (χ2v) is 5.69. The van der Waals surface area contributed by atoms with Crippen molar-refractivity contribution in [3.8, 4) is 11.4 Å². The average Bonchev–Trinajstić information content (AvgIpc) is 2.44. The maximum absolute atomic E-state index is 4.64. The summed E-state index contributed by atoms with van der Waals surface area (Å²) in [5.74, 6) is 1.68. The predicted octanol–water partition coefficient (Wildman–Crippen LogP) is 4.60. The van der Waals surface area contributed by atoms with Crippen molar-refractivity contribution in [3.63, 3.8) is 0 Å². The van der Waals surface area contributed by atoms with E-state index in [1.165, 1.54) is 5.56 Å². The Morgan fingerprint density at radius 3 is 2.60 bits per heavy atom. The van der Waals surface area contributed by atoms with E-state index in [1.54, 1.807) is 0 Å². The van der Waals surface area contributed by atoms with Gasteiger partial charge in [-0.15, -0.1) is 0 Å². The van der Waals surface area contributed by atoms with Crippen molar-refractivity contribution < 1.29 is 0 Å². The van der Waals surface area contributed by atoms with E-state index in [1.807, 2.05) is 6.07 Å². The molecule has 1 aromatic heterocycles. The molecule has 2 aromatic rings. The summed E-state index contributed by atoms with van der Waals surface area (Å²) in [5.41, 5.74) is 3.31. The van der Waals surface area contributed by atoms with Crippen LogP contribution in [0.2, 0.25) is 0 Å². The summed E-state index contributed by atoms with van der Waals surface area (Å²) in [4.78, 5) is 9.27. The lowest BCUT2D eigenvalue weighted by Gasteiger charge is -2.10. The third-order valence-electron chi connectivity index (χ3n) is 3.06. The Labute approximate surface area is 129 Å². The number of hydrogen-bond acceptors (Lipinski definition) is 3. The van der Waals surface area contributed by atoms with Gasteiger partial charge >= 0.3 is 0 Å². The van der Waals surface area contributed by atoms with Crippen molar-refractivity contribution in [2.24, 2.45) is 0 Å². The SMILES string of the molecule is CCCNc1cc(CC)nc(-c2ccc(C)cc2Br)n1. The lowest BCUT2D eigenvalue weighted by molar-refractivity contribution is 0.951. The normalized spacial score (nSPS) is 10.6. The Balaban J connectivity index is 2.44. The quantitative estimate of drug-likeness (QED) is 0.868. The van der Waals surface area contributed by atoms with Gasteiger partial charge in [-0.05, 0) is 37.5 Å². The van der Waals surface area contributed by atoms with Crippen molar-refractivity contribution in [1.29, 1.82) is 0 Å². The zero-order chi connectivity index (χ0) is 14.5. The van der Waals surface area contributed by atoms with Gasteiger partial charge in [0.2, 0.25) is 0 Å². The number of benzene rings is 1. The fraction of sp³-hybridized carbons (Fsp3) is 0.375. The summed E-state index contributed by atoms with van der Waals surface area (Å²) in [5, 5.41) is 3.34. The first kappa shape index (κ1) is 15.0. The minimum absolute atomic E-state index is 0.773. The van der Waals surface area contributed by atoms with Gasteiger partial charge in [-0.1, -0.05) is 35.8 Å². The molecule has 1 N–H and O–H groups in total. The molecular formula is C16H20BrN3. The van der Waals surface area contributed by atoms with Crippen LogP contribution in [0.15, 0.2) is 28.7 Å². The highest BCUT2D eigenvalue weighted by molar-refractivity contribution is 9.10. The average molecular weight is 334 g/mol. The first-order valence-corrected chi connectivity index (χ1v) is 7.81. The molecule has 106 valence electrons. The van der Waals surface area contributed by atoms with Crippen LogP contribution in [0.3, 0.4) is 0 Å². The molecule has 0 saturated heterocycles. The summed E-state index contributed by atoms with van der Waals surface area (Å²) >= 11 is 3.61. The molecule has 0 saturated carbocycles. The molecule has 0 aliphatic carbocycles. The summed E-state index contributed by atoms with van der Waals surface area (Å²) in [6, 6.07) is 8.27. The molecule has 0 atom stereocenters. The lowest BCUT2D eigenvalue weighted by atomic mass is 10.1. The fourth-order valence-corrected chi connectivity index (χ4v) is 2.61. The van der Waals surface area contributed by atoms with Crippen LogP contribution in [-0.2, 0) is 6.42 Å². The van der Waals surface area contributed by atoms with Gasteiger partial charge in [0.25, 0.3) is 0 Å². The number of aromatic nitrogens is 2. The molecule has 1 heterocycles. The Morgan fingerprint density at radius 1 is 1.15 bits per heavy atom. The molecule has 0 radical (unpaired) electrons. The molecule has 0 fully saturated rings. The molecule has 2 rings (SSSR count). The molecule has 3 nitrogen and oxygen atoms in total. The second-order valence-electron chi connectivity index (χ2n) is 4.83. The molecule has 0 bridgehead atoms. The molecular weight excluding hydrogens is 314 g/mol. The van der Waals surface area contributed by atoms with Crippen LogP contribution in [0.4, 0.5) is 5.82 Å². The van der Waals surface area contributed by atoms with Crippen molar-refractivity contribution in [3.05, 3.63) is 40.0 Å². The third-order valence-corrected chi connectivity index (χ3v) is 3.72. The standard InChI is InChI=1S/C16H20BrN3/c1-4-8-18-15-10-12(5-2)19-16(20-15)13-7-6-11(3)9-14(13)17/h6-7,9-10H,4-5,8H2,1-3H3,(H,18,19,20). The monoisotopic (exact) mass is 333 g/mol. The number of anilines is 1. The van der Waals surface area contributed by atoms with Gasteiger partial charge in [0.05, 0.1) is 0 Å². The predicted molar refractivity (Wildman–Crippen MR) is 88.1 cm³/mol. The van der Waals surface area contributed by atoms with Crippen LogP contribution in [0.1, 0.15) is 31.5 Å². The number of nitrogens with one attached hydrogen (secondary N) is 1. The number of halogens is 1. The summed E-state index contributed by atoms with van der Waals surface area (Å²) in [6.07, 6.45) is 1.98. The van der Waals surface area contributed by atoms with Gasteiger partial charge in [-0.25, -0.2) is 9.97 Å². The van der Waals surface area contributed by atoms with Gasteiger partial charge in [0, 0.05) is 28.3 Å². The highest BCUT2D eigenvalue weighted by Gasteiger charge is 2.09. The maximum atomic E-state index is 4.64. The number of rotatable bonds is 5. The van der Waals surface area contributed by atoms with Crippen LogP contribution in [-0.4, -0.2) is 16.5 Å². The minimum atomic E-state index is 0.773. The van der Waals surface area contributed by atoms with Gasteiger partial charge in [-0.2, -0.15) is 0 Å². The Bertz CT molecular complexity index is 596. The topological polar surface area (TPSA) is 37.8 Å². The minimum Gasteiger partial charge on any atom is -0.370 e. The van der Waals surface area contributed by atoms with Crippen LogP contribution in [0, 0.1) is 6.92 Å². The van der Waals surface area contributed by atoms with E-state index in [9.17, 15) is 0 Å². The van der Waals surface area contributed by atoms with Crippen molar-refractivity contribution >= 4 is 21.7 Å². The fourth-order valence-electron chi connectivity index (χ4n) is 1.94. The van der Waals surface area contributed by atoms with Gasteiger partial charge in [0.1, 0.15) is 5.82 Å². The maximum Gasteiger partial charge on any atom is 0.162 e. The Kier molecular flexibility index (Phi) is 5.12. The molecule has 0 spiro atoms. The smallest absolute Gasteiger partial charge is 0.162 e. The van der Waals surface area contributed by atoms with Crippen LogP contribution >= 0.6 is 15.9 Å². The van der Waals surface area contributed by atoms with E-state index in [0.29, 0.717) is 0 Å². The van der Waals surface area contributed by atoms with Crippen LogP contribution < -0.4 is 5.32 Å². The van der Waals surface area contributed by atoms with Gasteiger partial charge in [-0.3, -0.25) is 0 Å². The second kappa shape index (κ2) is 6.84. The third kappa shape index (κ3) is 3.57. The van der Waals surface area contributed by atoms with Gasteiger partial charge in [0.15, 0.2) is 5.82 Å². The lowest BCUT2D eigenvalue weighted by Crippen LogP contribution is -2.05. The van der Waals surface area contributed by atoms with Gasteiger partial charge < -0.3 is 5.32 Å². The Morgan fingerprint density at radius 2 is 1.95 bits per heavy atom. The van der Waals surface area contributed by atoms with Crippen LogP contribution in [0.25, 0.3) is 11.4 Å². The van der Waals surface area contributed by atoms with E-state index in [2.05, 4.69) is 70.2 Å². The molecule has 0 aliphatic rings. The molecule has 20 heavy (non-hydrogen) atoms. The van der Waals surface area contributed by atoms with Crippen molar-refractivity contribution in [1.82, 2.24) is 9.97 Å². The summed E-state index contributed by atoms with van der Waals surface area (Å²) in [7, 11) is 0. The number of aryl methyl sites for hydroxylation is 2. The van der Waals surface area contributed by atoms with E-state index < -0.39 is 0 Å². The molecule has 0 aliphatic heterocycles. The largest absolute Gasteiger partial charge is 0.370 e. The Hall–Kier alpha value is -1.42. The highest BCUT2D eigenvalue weighted by atomic mass is 79.9. The van der Waals surface area contributed by atoms with E-state index in [0.717, 1.165) is 46.8 Å². The molecule has 4 heteroatoms. The van der Waals surface area contributed by atoms with Crippen molar-refractivity contribution in [2.75, 3.05) is 11.9 Å². The van der Waals surface area contributed by atoms with E-state index in [-0.39, 0.29) is 0 Å². The molecule has 0 amide bonds.